The summed E-state index contributed by atoms with van der Waals surface area (Å²) in [6.07, 6.45) is 0. The Morgan fingerprint density at radius 1 is 0.706 bits per heavy atom. The van der Waals surface area contributed by atoms with Crippen molar-refractivity contribution in [2.75, 3.05) is 0 Å². The van der Waals surface area contributed by atoms with Crippen LogP contribution in [0.4, 0.5) is 0 Å². The highest BCUT2D eigenvalue weighted by Crippen LogP contribution is 2.28. The molecule has 0 unspecified atom stereocenters. The minimum atomic E-state index is 0.647. The average molecular weight is 220 g/mol. The maximum absolute atomic E-state index is 4.20. The van der Waals surface area contributed by atoms with Crippen LogP contribution in [-0.4, -0.2) is 6.01 Å². The first-order valence-corrected chi connectivity index (χ1v) is 5.69. The summed E-state index contributed by atoms with van der Waals surface area (Å²) in [6.45, 7) is 1.29. The summed E-state index contributed by atoms with van der Waals surface area (Å²) < 4.78 is 0. The van der Waals surface area contributed by atoms with E-state index in [2.05, 4.69) is 52.4 Å². The molecule has 0 aliphatic carbocycles. The van der Waals surface area contributed by atoms with Gasteiger partial charge in [0.2, 0.25) is 0 Å². The second-order valence-electron chi connectivity index (χ2n) is 4.05. The zero-order chi connectivity index (χ0) is 11.5. The maximum atomic E-state index is 4.20. The van der Waals surface area contributed by atoms with Gasteiger partial charge in [0.05, 0.1) is 19.1 Å². The van der Waals surface area contributed by atoms with Crippen LogP contribution in [0.15, 0.2) is 58.5 Å². The van der Waals surface area contributed by atoms with Crippen molar-refractivity contribution >= 4 is 6.01 Å². The molecule has 0 atom stereocenters. The molecule has 3 rings (SSSR count). The third-order valence-corrected chi connectivity index (χ3v) is 2.97. The van der Waals surface area contributed by atoms with Crippen molar-refractivity contribution in [3.8, 4) is 11.1 Å². The highest BCUT2D eigenvalue weighted by molar-refractivity contribution is 5.71. The van der Waals surface area contributed by atoms with E-state index in [0.717, 1.165) is 0 Å². The van der Waals surface area contributed by atoms with Crippen LogP contribution >= 0.6 is 0 Å². The fourth-order valence-corrected chi connectivity index (χ4v) is 2.13. The van der Waals surface area contributed by atoms with Crippen molar-refractivity contribution in [1.29, 1.82) is 0 Å². The standard InChI is InChI=1S/C15H12N2/c1-3-7-14-12(5-1)9-16-11-17-10-13-6-2-4-8-15(13)14/h1-8H,9-10H2. The lowest BCUT2D eigenvalue weighted by Crippen LogP contribution is -1.91. The Bertz CT molecular complexity index is 556. The Balaban J connectivity index is 2.27. The average Bonchev–Trinajstić information content (AvgIpc) is 2.47. The summed E-state index contributed by atoms with van der Waals surface area (Å²) in [5.74, 6) is 0. The zero-order valence-corrected chi connectivity index (χ0v) is 9.43. The van der Waals surface area contributed by atoms with Gasteiger partial charge in [-0.05, 0) is 22.3 Å². The zero-order valence-electron chi connectivity index (χ0n) is 9.43. The number of aliphatic imine (C=N–C) groups is 2. The van der Waals surface area contributed by atoms with E-state index in [9.17, 15) is 0 Å². The van der Waals surface area contributed by atoms with Crippen LogP contribution in [0.25, 0.3) is 11.1 Å². The molecule has 1 aliphatic heterocycles. The van der Waals surface area contributed by atoms with Gasteiger partial charge in [-0.15, -0.1) is 0 Å². The summed E-state index contributed by atoms with van der Waals surface area (Å²) in [6, 6.07) is 19.5. The van der Waals surface area contributed by atoms with E-state index in [-0.39, 0.29) is 0 Å². The first kappa shape index (κ1) is 10.0. The molecular weight excluding hydrogens is 208 g/mol. The first-order chi connectivity index (χ1) is 8.45. The maximum Gasteiger partial charge on any atom is 0.0899 e. The predicted molar refractivity (Wildman–Crippen MR) is 69.1 cm³/mol. The largest absolute Gasteiger partial charge is 0.221 e. The van der Waals surface area contributed by atoms with Gasteiger partial charge in [0.15, 0.2) is 0 Å². The Morgan fingerprint density at radius 3 is 1.71 bits per heavy atom. The van der Waals surface area contributed by atoms with E-state index in [4.69, 9.17) is 0 Å². The smallest absolute Gasteiger partial charge is 0.0899 e. The third kappa shape index (κ3) is 1.91. The number of fused-ring (bicyclic) bond motifs is 3. The third-order valence-electron chi connectivity index (χ3n) is 2.97. The summed E-state index contributed by atoms with van der Waals surface area (Å²) in [5.41, 5.74) is 4.96. The number of hydrogen-bond acceptors (Lipinski definition) is 2. The van der Waals surface area contributed by atoms with Gasteiger partial charge < -0.3 is 0 Å². The summed E-state index contributed by atoms with van der Waals surface area (Å²) in [5, 5.41) is 0. The van der Waals surface area contributed by atoms with E-state index >= 15 is 0 Å². The van der Waals surface area contributed by atoms with Crippen LogP contribution in [0.2, 0.25) is 0 Å². The van der Waals surface area contributed by atoms with Crippen molar-refractivity contribution < 1.29 is 0 Å². The highest BCUT2D eigenvalue weighted by Gasteiger charge is 2.08. The van der Waals surface area contributed by atoms with Crippen LogP contribution in [0.3, 0.4) is 0 Å². The summed E-state index contributed by atoms with van der Waals surface area (Å²) in [7, 11) is 0. The molecule has 0 saturated carbocycles. The van der Waals surface area contributed by atoms with E-state index in [1.54, 1.807) is 0 Å². The summed E-state index contributed by atoms with van der Waals surface area (Å²) in [4.78, 5) is 8.40. The van der Waals surface area contributed by atoms with E-state index in [1.165, 1.54) is 22.3 Å². The Labute approximate surface area is 100 Å². The van der Waals surface area contributed by atoms with E-state index in [1.807, 2.05) is 12.1 Å². The second-order valence-corrected chi connectivity index (χ2v) is 4.05. The fraction of sp³-hybridized carbons (Fsp3) is 0.133. The topological polar surface area (TPSA) is 24.7 Å². The van der Waals surface area contributed by atoms with Crippen molar-refractivity contribution in [1.82, 2.24) is 0 Å². The number of nitrogens with zero attached hydrogens (tertiary/aromatic N) is 2. The van der Waals surface area contributed by atoms with Crippen molar-refractivity contribution in [2.24, 2.45) is 9.98 Å². The Hall–Kier alpha value is -2.18. The molecule has 2 aromatic rings. The normalized spacial score (nSPS) is 13.2. The van der Waals surface area contributed by atoms with Gasteiger partial charge in [-0.3, -0.25) is 0 Å². The molecular formula is C15H12N2. The number of hydrogen-bond donors (Lipinski definition) is 0. The molecule has 0 bridgehead atoms. The predicted octanol–water partition coefficient (Wildman–Crippen LogP) is 3.54. The van der Waals surface area contributed by atoms with Crippen LogP contribution in [0, 0.1) is 0 Å². The lowest BCUT2D eigenvalue weighted by molar-refractivity contribution is 1.06. The van der Waals surface area contributed by atoms with Gasteiger partial charge in [0.25, 0.3) is 0 Å². The van der Waals surface area contributed by atoms with Crippen molar-refractivity contribution in [3.63, 3.8) is 0 Å². The van der Waals surface area contributed by atoms with E-state index < -0.39 is 0 Å². The Kier molecular flexibility index (Phi) is 2.57. The SMILES string of the molecule is C1=NCc2ccccc2-c2ccccc2CN=1. The molecule has 0 spiro atoms. The number of benzene rings is 2. The Morgan fingerprint density at radius 2 is 1.18 bits per heavy atom. The van der Waals surface area contributed by atoms with Gasteiger partial charge in [0.1, 0.15) is 0 Å². The molecule has 0 aromatic heterocycles. The van der Waals surface area contributed by atoms with Gasteiger partial charge in [-0.1, -0.05) is 48.5 Å². The molecule has 0 amide bonds. The first-order valence-electron chi connectivity index (χ1n) is 5.69. The summed E-state index contributed by atoms with van der Waals surface area (Å²) >= 11 is 0. The molecule has 17 heavy (non-hydrogen) atoms. The minimum Gasteiger partial charge on any atom is -0.221 e. The van der Waals surface area contributed by atoms with Crippen molar-refractivity contribution in [2.45, 2.75) is 13.1 Å². The minimum absolute atomic E-state index is 0.647. The van der Waals surface area contributed by atoms with Crippen molar-refractivity contribution in [3.05, 3.63) is 59.7 Å². The highest BCUT2D eigenvalue weighted by atomic mass is 14.8. The molecule has 2 nitrogen and oxygen atoms in total. The molecule has 1 heterocycles. The van der Waals surface area contributed by atoms with Gasteiger partial charge >= 0.3 is 0 Å². The molecule has 2 heteroatoms. The van der Waals surface area contributed by atoms with Gasteiger partial charge in [-0.2, -0.15) is 0 Å². The van der Waals surface area contributed by atoms with Crippen LogP contribution in [-0.2, 0) is 13.1 Å². The van der Waals surface area contributed by atoms with Crippen LogP contribution in [0.1, 0.15) is 11.1 Å². The van der Waals surface area contributed by atoms with Gasteiger partial charge in [-0.25, -0.2) is 9.98 Å². The van der Waals surface area contributed by atoms with Crippen LogP contribution in [0.5, 0.6) is 0 Å². The number of rotatable bonds is 0. The van der Waals surface area contributed by atoms with Crippen LogP contribution < -0.4 is 0 Å². The second kappa shape index (κ2) is 4.36. The quantitative estimate of drug-likeness (QED) is 0.648. The van der Waals surface area contributed by atoms with Gasteiger partial charge in [0, 0.05) is 0 Å². The molecule has 0 saturated heterocycles. The molecule has 0 fully saturated rings. The fourth-order valence-electron chi connectivity index (χ4n) is 2.13. The molecule has 0 N–H and O–H groups in total. The molecule has 0 radical (unpaired) electrons. The monoisotopic (exact) mass is 220 g/mol. The lowest BCUT2D eigenvalue weighted by Gasteiger charge is -2.10. The van der Waals surface area contributed by atoms with E-state index in [0.29, 0.717) is 13.1 Å². The lowest BCUT2D eigenvalue weighted by atomic mass is 9.95. The molecule has 1 aliphatic rings. The molecule has 82 valence electrons. The molecule has 2 aromatic carbocycles.